The highest BCUT2D eigenvalue weighted by atomic mass is 19.4. The number of carbonyl (C=O) groups is 2. The van der Waals surface area contributed by atoms with Crippen molar-refractivity contribution in [3.63, 3.8) is 0 Å². The number of esters is 1. The summed E-state index contributed by atoms with van der Waals surface area (Å²) in [6, 6.07) is 4.65. The summed E-state index contributed by atoms with van der Waals surface area (Å²) >= 11 is 0. The quantitative estimate of drug-likeness (QED) is 0.791. The molecule has 9 heteroatoms. The van der Waals surface area contributed by atoms with Crippen LogP contribution >= 0.6 is 0 Å². The molecule has 4 aliphatic rings. The summed E-state index contributed by atoms with van der Waals surface area (Å²) in [4.78, 5) is 28.3. The molecule has 4 bridgehead atoms. The molecule has 1 amide bonds. The SMILES string of the molecule is O=C(NC12CC3CC(CC(C3)C1)C2)c1nc(OC(=O)C(F)(F)F)c2ccccn12. The number of nitrogens with one attached hydrogen (secondary N) is 1. The Hall–Kier alpha value is -2.58. The Kier molecular flexibility index (Phi) is 3.95. The van der Waals surface area contributed by atoms with E-state index < -0.39 is 23.9 Å². The van der Waals surface area contributed by atoms with Crippen LogP contribution in [0, 0.1) is 17.8 Å². The number of rotatable bonds is 3. The largest absolute Gasteiger partial charge is 0.491 e. The first-order chi connectivity index (χ1) is 13.7. The molecule has 29 heavy (non-hydrogen) atoms. The van der Waals surface area contributed by atoms with Gasteiger partial charge in [-0.3, -0.25) is 9.20 Å². The minimum absolute atomic E-state index is 0.0821. The predicted molar refractivity (Wildman–Crippen MR) is 95.3 cm³/mol. The third kappa shape index (κ3) is 3.16. The lowest BCUT2D eigenvalue weighted by Crippen LogP contribution is -2.60. The molecule has 1 N–H and O–H groups in total. The van der Waals surface area contributed by atoms with Gasteiger partial charge in [0.1, 0.15) is 5.52 Å². The zero-order valence-corrected chi connectivity index (χ0v) is 15.5. The molecular weight excluding hydrogens is 387 g/mol. The molecule has 0 saturated heterocycles. The third-order valence-corrected chi connectivity index (χ3v) is 6.56. The molecule has 6 nitrogen and oxygen atoms in total. The summed E-state index contributed by atoms with van der Waals surface area (Å²) in [5.41, 5.74) is -0.143. The van der Waals surface area contributed by atoms with Crippen LogP contribution in [0.3, 0.4) is 0 Å². The van der Waals surface area contributed by atoms with Crippen LogP contribution in [0.1, 0.15) is 49.1 Å². The number of halogens is 3. The number of nitrogens with zero attached hydrogens (tertiary/aromatic N) is 2. The van der Waals surface area contributed by atoms with Gasteiger partial charge in [0.25, 0.3) is 5.91 Å². The lowest BCUT2D eigenvalue weighted by atomic mass is 9.53. The number of alkyl halides is 3. The van der Waals surface area contributed by atoms with Gasteiger partial charge in [0, 0.05) is 11.7 Å². The number of imidazole rings is 1. The maximum absolute atomic E-state index is 13.1. The van der Waals surface area contributed by atoms with E-state index in [0.29, 0.717) is 17.8 Å². The average molecular weight is 407 g/mol. The fourth-order valence-electron chi connectivity index (χ4n) is 5.95. The van der Waals surface area contributed by atoms with Gasteiger partial charge < -0.3 is 10.1 Å². The van der Waals surface area contributed by atoms with Crippen LogP contribution in [0.2, 0.25) is 0 Å². The van der Waals surface area contributed by atoms with Crippen molar-refractivity contribution in [1.29, 1.82) is 0 Å². The van der Waals surface area contributed by atoms with Crippen LogP contribution in [0.4, 0.5) is 13.2 Å². The van der Waals surface area contributed by atoms with Crippen LogP contribution in [0.25, 0.3) is 5.52 Å². The van der Waals surface area contributed by atoms with Crippen LogP contribution in [0.15, 0.2) is 24.4 Å². The normalized spacial score (nSPS) is 30.5. The molecule has 0 aliphatic heterocycles. The summed E-state index contributed by atoms with van der Waals surface area (Å²) in [6.45, 7) is 0. The van der Waals surface area contributed by atoms with Gasteiger partial charge in [-0.2, -0.15) is 18.2 Å². The van der Waals surface area contributed by atoms with Gasteiger partial charge in [0.2, 0.25) is 11.7 Å². The standard InChI is InChI=1S/C20H20F3N3O3/c21-20(22,23)18(28)29-17-14-3-1-2-4-26(14)15(24-17)16(27)25-19-8-11-5-12(9-19)7-13(6-11)10-19/h1-4,11-13H,5-10H2,(H,25,27). The molecule has 154 valence electrons. The number of pyridine rings is 1. The maximum Gasteiger partial charge on any atom is 0.491 e. The first-order valence-electron chi connectivity index (χ1n) is 9.81. The molecule has 6 rings (SSSR count). The Bertz CT molecular complexity index is 962. The third-order valence-electron chi connectivity index (χ3n) is 6.56. The van der Waals surface area contributed by atoms with E-state index in [-0.39, 0.29) is 16.9 Å². The average Bonchev–Trinajstić information content (AvgIpc) is 2.98. The van der Waals surface area contributed by atoms with Gasteiger partial charge in [0.15, 0.2) is 0 Å². The smallest absolute Gasteiger partial charge is 0.398 e. The zero-order chi connectivity index (χ0) is 20.4. The molecule has 2 aromatic rings. The minimum atomic E-state index is -5.15. The van der Waals surface area contributed by atoms with Crippen molar-refractivity contribution in [3.05, 3.63) is 30.2 Å². The monoisotopic (exact) mass is 407 g/mol. The van der Waals surface area contributed by atoms with Crippen LogP contribution in [0.5, 0.6) is 5.88 Å². The molecule has 0 unspecified atom stereocenters. The van der Waals surface area contributed by atoms with Crippen molar-refractivity contribution in [3.8, 4) is 5.88 Å². The fraction of sp³-hybridized carbons (Fsp3) is 0.550. The summed E-state index contributed by atoms with van der Waals surface area (Å²) in [5.74, 6) is -1.55. The van der Waals surface area contributed by atoms with Crippen LogP contribution in [-0.2, 0) is 4.79 Å². The predicted octanol–water partition coefficient (Wildman–Crippen LogP) is 3.50. The number of hydrogen-bond donors (Lipinski definition) is 1. The molecule has 0 aromatic carbocycles. The van der Waals surface area contributed by atoms with Gasteiger partial charge in [0.05, 0.1) is 0 Å². The highest BCUT2D eigenvalue weighted by Crippen LogP contribution is 2.55. The van der Waals surface area contributed by atoms with E-state index in [1.54, 1.807) is 12.1 Å². The molecule has 0 radical (unpaired) electrons. The van der Waals surface area contributed by atoms with Crippen molar-refractivity contribution in [2.24, 2.45) is 17.8 Å². The number of aromatic nitrogens is 2. The summed E-state index contributed by atoms with van der Waals surface area (Å²) in [5, 5.41) is 3.14. The molecule has 2 heterocycles. The number of amides is 1. The van der Waals surface area contributed by atoms with E-state index in [2.05, 4.69) is 15.0 Å². The topological polar surface area (TPSA) is 72.7 Å². The molecule has 0 spiro atoms. The van der Waals surface area contributed by atoms with Gasteiger partial charge in [-0.05, 0) is 68.4 Å². The van der Waals surface area contributed by atoms with E-state index in [1.807, 2.05) is 0 Å². The van der Waals surface area contributed by atoms with Crippen LogP contribution < -0.4 is 10.1 Å². The Labute approximate surface area is 164 Å². The van der Waals surface area contributed by atoms with Crippen molar-refractivity contribution >= 4 is 17.4 Å². The number of ether oxygens (including phenoxy) is 1. The zero-order valence-electron chi connectivity index (χ0n) is 15.5. The van der Waals surface area contributed by atoms with Gasteiger partial charge >= 0.3 is 12.1 Å². The lowest BCUT2D eigenvalue weighted by molar-refractivity contribution is -0.189. The molecule has 4 saturated carbocycles. The second-order valence-corrected chi connectivity index (χ2v) is 8.74. The van der Waals surface area contributed by atoms with Crippen molar-refractivity contribution in [1.82, 2.24) is 14.7 Å². The summed E-state index contributed by atoms with van der Waals surface area (Å²) < 4.78 is 43.6. The molecular formula is C20H20F3N3O3. The van der Waals surface area contributed by atoms with Crippen molar-refractivity contribution in [2.45, 2.75) is 50.2 Å². The Morgan fingerprint density at radius 1 is 1.10 bits per heavy atom. The minimum Gasteiger partial charge on any atom is -0.398 e. The van der Waals surface area contributed by atoms with Gasteiger partial charge in [-0.15, -0.1) is 0 Å². The van der Waals surface area contributed by atoms with Gasteiger partial charge in [-0.25, -0.2) is 4.79 Å². The highest BCUT2D eigenvalue weighted by Gasteiger charge is 2.52. The number of hydrogen-bond acceptors (Lipinski definition) is 4. The van der Waals surface area contributed by atoms with E-state index in [0.717, 1.165) is 19.3 Å². The fourth-order valence-corrected chi connectivity index (χ4v) is 5.95. The summed E-state index contributed by atoms with van der Waals surface area (Å²) in [7, 11) is 0. The first-order valence-corrected chi connectivity index (χ1v) is 9.81. The van der Waals surface area contributed by atoms with Crippen molar-refractivity contribution < 1.29 is 27.5 Å². The highest BCUT2D eigenvalue weighted by molar-refractivity contribution is 5.93. The van der Waals surface area contributed by atoms with Crippen molar-refractivity contribution in [2.75, 3.05) is 0 Å². The first kappa shape index (κ1) is 18.4. The number of fused-ring (bicyclic) bond motifs is 1. The van der Waals surface area contributed by atoms with E-state index >= 15 is 0 Å². The second-order valence-electron chi connectivity index (χ2n) is 8.74. The lowest BCUT2D eigenvalue weighted by Gasteiger charge is -2.56. The Balaban J connectivity index is 1.44. The van der Waals surface area contributed by atoms with Crippen LogP contribution in [-0.4, -0.2) is 33.0 Å². The maximum atomic E-state index is 13.1. The summed E-state index contributed by atoms with van der Waals surface area (Å²) in [6.07, 6.45) is 2.84. The van der Waals surface area contributed by atoms with E-state index in [9.17, 15) is 22.8 Å². The number of carbonyl (C=O) groups excluding carboxylic acids is 2. The van der Waals surface area contributed by atoms with Gasteiger partial charge in [-0.1, -0.05) is 6.07 Å². The van der Waals surface area contributed by atoms with E-state index in [1.165, 1.54) is 35.9 Å². The molecule has 0 atom stereocenters. The molecule has 4 fully saturated rings. The second kappa shape index (κ2) is 6.21. The Morgan fingerprint density at radius 2 is 1.72 bits per heavy atom. The Morgan fingerprint density at radius 3 is 2.31 bits per heavy atom. The molecule has 4 aliphatic carbocycles. The molecule has 2 aromatic heterocycles. The van der Waals surface area contributed by atoms with E-state index in [4.69, 9.17) is 0 Å².